The van der Waals surface area contributed by atoms with Gasteiger partial charge in [-0.2, -0.15) is 0 Å². The summed E-state index contributed by atoms with van der Waals surface area (Å²) >= 11 is 0. The number of carboxylic acids is 1. The number of nitrogens with one attached hydrogen (secondary N) is 1. The SMILES string of the molecule is C=C(NCC1CC1c1ccccc1)C(=O)O. The smallest absolute Gasteiger partial charge is 0.351 e. The van der Waals surface area contributed by atoms with Gasteiger partial charge in [0.15, 0.2) is 0 Å². The Bertz CT molecular complexity index is 400. The number of hydrogen-bond acceptors (Lipinski definition) is 2. The van der Waals surface area contributed by atoms with Crippen LogP contribution in [0.1, 0.15) is 17.9 Å². The Morgan fingerprint density at radius 1 is 1.44 bits per heavy atom. The normalized spacial score (nSPS) is 22.5. The molecule has 0 aromatic heterocycles. The molecule has 0 heterocycles. The van der Waals surface area contributed by atoms with Gasteiger partial charge in [0, 0.05) is 6.54 Å². The van der Waals surface area contributed by atoms with Crippen LogP contribution in [0.5, 0.6) is 0 Å². The van der Waals surface area contributed by atoms with E-state index < -0.39 is 5.97 Å². The summed E-state index contributed by atoms with van der Waals surface area (Å²) in [6.45, 7) is 4.14. The molecule has 2 N–H and O–H groups in total. The molecule has 1 aromatic rings. The zero-order valence-electron chi connectivity index (χ0n) is 9.02. The number of rotatable bonds is 5. The maximum Gasteiger partial charge on any atom is 0.351 e. The van der Waals surface area contributed by atoms with E-state index in [9.17, 15) is 4.79 Å². The number of hydrogen-bond donors (Lipinski definition) is 2. The van der Waals surface area contributed by atoms with Gasteiger partial charge in [0.2, 0.25) is 0 Å². The fourth-order valence-electron chi connectivity index (χ4n) is 1.91. The van der Waals surface area contributed by atoms with Crippen LogP contribution in [-0.4, -0.2) is 17.6 Å². The van der Waals surface area contributed by atoms with Gasteiger partial charge in [-0.1, -0.05) is 36.9 Å². The number of carbonyl (C=O) groups is 1. The molecule has 3 heteroatoms. The Morgan fingerprint density at radius 3 is 2.75 bits per heavy atom. The Hall–Kier alpha value is -1.77. The fraction of sp³-hybridized carbons (Fsp3) is 0.308. The molecule has 1 aromatic carbocycles. The average Bonchev–Trinajstić information content (AvgIpc) is 3.06. The zero-order chi connectivity index (χ0) is 11.5. The van der Waals surface area contributed by atoms with Crippen molar-refractivity contribution >= 4 is 5.97 Å². The second-order valence-corrected chi connectivity index (χ2v) is 4.18. The van der Waals surface area contributed by atoms with Crippen molar-refractivity contribution in [3.63, 3.8) is 0 Å². The molecular weight excluding hydrogens is 202 g/mol. The second-order valence-electron chi connectivity index (χ2n) is 4.18. The third kappa shape index (κ3) is 2.42. The van der Waals surface area contributed by atoms with Crippen LogP contribution < -0.4 is 5.32 Å². The van der Waals surface area contributed by atoms with Gasteiger partial charge in [-0.15, -0.1) is 0 Å². The molecule has 1 aliphatic carbocycles. The first-order valence-electron chi connectivity index (χ1n) is 5.39. The summed E-state index contributed by atoms with van der Waals surface area (Å²) in [5.74, 6) is 0.144. The molecule has 3 nitrogen and oxygen atoms in total. The first kappa shape index (κ1) is 10.7. The molecule has 2 unspecified atom stereocenters. The highest BCUT2D eigenvalue weighted by Crippen LogP contribution is 2.46. The van der Waals surface area contributed by atoms with Gasteiger partial charge in [-0.05, 0) is 23.8 Å². The van der Waals surface area contributed by atoms with Crippen LogP contribution in [-0.2, 0) is 4.79 Å². The number of benzene rings is 1. The van der Waals surface area contributed by atoms with Crippen molar-refractivity contribution < 1.29 is 9.90 Å². The Morgan fingerprint density at radius 2 is 2.12 bits per heavy atom. The predicted molar refractivity (Wildman–Crippen MR) is 62.1 cm³/mol. The minimum absolute atomic E-state index is 0.0821. The Kier molecular flexibility index (Phi) is 2.95. The van der Waals surface area contributed by atoms with Crippen LogP contribution in [0.15, 0.2) is 42.6 Å². The summed E-state index contributed by atoms with van der Waals surface area (Å²) in [6, 6.07) is 10.3. The summed E-state index contributed by atoms with van der Waals surface area (Å²) in [4.78, 5) is 10.5. The molecule has 84 valence electrons. The van der Waals surface area contributed by atoms with E-state index in [4.69, 9.17) is 5.11 Å². The number of carboxylic acid groups (broad SMARTS) is 1. The van der Waals surface area contributed by atoms with Crippen molar-refractivity contribution in [2.75, 3.05) is 6.54 Å². The number of aliphatic carboxylic acids is 1. The highest BCUT2D eigenvalue weighted by molar-refractivity contribution is 5.84. The summed E-state index contributed by atoms with van der Waals surface area (Å²) < 4.78 is 0. The summed E-state index contributed by atoms with van der Waals surface area (Å²) in [7, 11) is 0. The van der Waals surface area contributed by atoms with Gasteiger partial charge in [0.05, 0.1) is 0 Å². The molecule has 0 saturated heterocycles. The van der Waals surface area contributed by atoms with E-state index in [2.05, 4.69) is 24.0 Å². The molecule has 16 heavy (non-hydrogen) atoms. The Labute approximate surface area is 94.8 Å². The summed E-state index contributed by atoms with van der Waals surface area (Å²) in [5.41, 5.74) is 1.42. The first-order valence-corrected chi connectivity index (χ1v) is 5.39. The van der Waals surface area contributed by atoms with Crippen molar-refractivity contribution in [3.05, 3.63) is 48.2 Å². The summed E-state index contributed by atoms with van der Waals surface area (Å²) in [6.07, 6.45) is 1.13. The van der Waals surface area contributed by atoms with Crippen molar-refractivity contribution in [2.45, 2.75) is 12.3 Å². The second kappa shape index (κ2) is 4.39. The van der Waals surface area contributed by atoms with Crippen LogP contribution in [0.4, 0.5) is 0 Å². The lowest BCUT2D eigenvalue weighted by Crippen LogP contribution is -2.21. The molecular formula is C13H15NO2. The van der Waals surface area contributed by atoms with Crippen LogP contribution >= 0.6 is 0 Å². The molecule has 0 spiro atoms. The van der Waals surface area contributed by atoms with E-state index >= 15 is 0 Å². The molecule has 2 rings (SSSR count). The van der Waals surface area contributed by atoms with Crippen LogP contribution in [0, 0.1) is 5.92 Å². The van der Waals surface area contributed by atoms with Crippen molar-refractivity contribution in [2.24, 2.45) is 5.92 Å². The predicted octanol–water partition coefficient (Wildman–Crippen LogP) is 1.98. The van der Waals surface area contributed by atoms with Crippen molar-refractivity contribution in [3.8, 4) is 0 Å². The maximum atomic E-state index is 10.5. The fourth-order valence-corrected chi connectivity index (χ4v) is 1.91. The maximum absolute atomic E-state index is 10.5. The molecule has 1 aliphatic rings. The minimum Gasteiger partial charge on any atom is -0.477 e. The molecule has 2 atom stereocenters. The van der Waals surface area contributed by atoms with Crippen LogP contribution in [0.3, 0.4) is 0 Å². The van der Waals surface area contributed by atoms with E-state index in [1.54, 1.807) is 0 Å². The van der Waals surface area contributed by atoms with Crippen molar-refractivity contribution in [1.82, 2.24) is 5.32 Å². The molecule has 1 saturated carbocycles. The highest BCUT2D eigenvalue weighted by Gasteiger charge is 2.37. The van der Waals surface area contributed by atoms with Gasteiger partial charge in [0.25, 0.3) is 0 Å². The van der Waals surface area contributed by atoms with Crippen molar-refractivity contribution in [1.29, 1.82) is 0 Å². The van der Waals surface area contributed by atoms with E-state index in [1.807, 2.05) is 18.2 Å². The quantitative estimate of drug-likeness (QED) is 0.741. The molecule has 1 fully saturated rings. The van der Waals surface area contributed by atoms with Gasteiger partial charge in [0.1, 0.15) is 5.70 Å². The summed E-state index contributed by atoms with van der Waals surface area (Å²) in [5, 5.41) is 11.5. The molecule has 0 bridgehead atoms. The lowest BCUT2D eigenvalue weighted by atomic mass is 10.1. The third-order valence-corrected chi connectivity index (χ3v) is 2.99. The average molecular weight is 217 g/mol. The lowest BCUT2D eigenvalue weighted by Gasteiger charge is -2.04. The monoisotopic (exact) mass is 217 g/mol. The van der Waals surface area contributed by atoms with Crippen LogP contribution in [0.2, 0.25) is 0 Å². The Balaban J connectivity index is 1.80. The van der Waals surface area contributed by atoms with Gasteiger partial charge >= 0.3 is 5.97 Å². The van der Waals surface area contributed by atoms with E-state index in [0.717, 1.165) is 6.42 Å². The van der Waals surface area contributed by atoms with Gasteiger partial charge in [-0.25, -0.2) is 4.79 Å². The van der Waals surface area contributed by atoms with E-state index in [1.165, 1.54) is 5.56 Å². The molecule has 0 radical (unpaired) electrons. The van der Waals surface area contributed by atoms with Crippen LogP contribution in [0.25, 0.3) is 0 Å². The third-order valence-electron chi connectivity index (χ3n) is 2.99. The molecule has 0 aliphatic heterocycles. The van der Waals surface area contributed by atoms with Gasteiger partial charge < -0.3 is 10.4 Å². The highest BCUT2D eigenvalue weighted by atomic mass is 16.4. The zero-order valence-corrected chi connectivity index (χ0v) is 9.02. The lowest BCUT2D eigenvalue weighted by molar-refractivity contribution is -0.133. The minimum atomic E-state index is -0.975. The molecule has 0 amide bonds. The first-order chi connectivity index (χ1) is 7.68. The van der Waals surface area contributed by atoms with E-state index in [0.29, 0.717) is 18.4 Å². The standard InChI is InChI=1S/C13H15NO2/c1-9(13(15)16)14-8-11-7-12(11)10-5-3-2-4-6-10/h2-6,11-12,14H,1,7-8H2,(H,15,16). The largest absolute Gasteiger partial charge is 0.477 e. The van der Waals surface area contributed by atoms with Gasteiger partial charge in [-0.3, -0.25) is 0 Å². The topological polar surface area (TPSA) is 49.3 Å². The van der Waals surface area contributed by atoms with E-state index in [-0.39, 0.29) is 5.70 Å².